The van der Waals surface area contributed by atoms with Gasteiger partial charge in [-0.3, -0.25) is 0 Å². The lowest BCUT2D eigenvalue weighted by molar-refractivity contribution is 0.204. The summed E-state index contributed by atoms with van der Waals surface area (Å²) >= 11 is 19.2. The Hall–Kier alpha value is -0.380. The molecule has 100 valence electrons. The van der Waals surface area contributed by atoms with E-state index in [1.165, 1.54) is 11.8 Å². The number of hydrogen-bond acceptors (Lipinski definition) is 2. The van der Waals surface area contributed by atoms with Crippen LogP contribution in [0.1, 0.15) is 11.7 Å². The van der Waals surface area contributed by atoms with Gasteiger partial charge in [-0.1, -0.05) is 46.9 Å². The number of halogens is 3. The number of hydrogen-bond donors (Lipinski definition) is 1. The molecule has 5 heteroatoms. The van der Waals surface area contributed by atoms with Crippen LogP contribution in [0.5, 0.6) is 0 Å². The molecule has 0 heterocycles. The highest BCUT2D eigenvalue weighted by Gasteiger charge is 2.10. The maximum Gasteiger partial charge on any atom is 0.0884 e. The maximum absolute atomic E-state index is 10.1. The van der Waals surface area contributed by atoms with Gasteiger partial charge in [0.1, 0.15) is 0 Å². The van der Waals surface area contributed by atoms with E-state index in [1.807, 2.05) is 24.3 Å². The van der Waals surface area contributed by atoms with Crippen molar-refractivity contribution in [1.82, 2.24) is 0 Å². The Morgan fingerprint density at radius 1 is 1.00 bits per heavy atom. The minimum Gasteiger partial charge on any atom is -0.388 e. The summed E-state index contributed by atoms with van der Waals surface area (Å²) in [6, 6.07) is 12.7. The predicted octanol–water partition coefficient (Wildman–Crippen LogP) is 5.47. The quantitative estimate of drug-likeness (QED) is 0.748. The summed E-state index contributed by atoms with van der Waals surface area (Å²) < 4.78 is 0. The molecule has 1 nitrogen and oxygen atoms in total. The summed E-state index contributed by atoms with van der Waals surface area (Å²) in [5.74, 6) is 0.526. The Morgan fingerprint density at radius 3 is 2.47 bits per heavy atom. The van der Waals surface area contributed by atoms with E-state index in [0.717, 1.165) is 10.5 Å². The van der Waals surface area contributed by atoms with Crippen LogP contribution in [-0.2, 0) is 0 Å². The molecule has 0 amide bonds. The van der Waals surface area contributed by atoms with Crippen LogP contribution in [-0.4, -0.2) is 10.9 Å². The molecule has 0 aliphatic heterocycles. The highest BCUT2D eigenvalue weighted by molar-refractivity contribution is 7.99. The summed E-state index contributed by atoms with van der Waals surface area (Å²) in [6.07, 6.45) is -0.598. The zero-order valence-electron chi connectivity index (χ0n) is 9.82. The number of benzene rings is 2. The van der Waals surface area contributed by atoms with Crippen molar-refractivity contribution in [3.8, 4) is 0 Å². The molecule has 0 aromatic heterocycles. The van der Waals surface area contributed by atoms with Gasteiger partial charge in [-0.15, -0.1) is 11.8 Å². The normalized spacial score (nSPS) is 12.4. The zero-order valence-corrected chi connectivity index (χ0v) is 12.9. The van der Waals surface area contributed by atoms with Crippen LogP contribution in [0.2, 0.25) is 15.1 Å². The molecule has 2 aromatic carbocycles. The summed E-state index contributed by atoms with van der Waals surface area (Å²) in [6.45, 7) is 0. The molecule has 19 heavy (non-hydrogen) atoms. The average molecular weight is 334 g/mol. The molecule has 1 unspecified atom stereocenters. The van der Waals surface area contributed by atoms with E-state index in [1.54, 1.807) is 18.2 Å². The molecule has 0 saturated heterocycles. The molecule has 0 radical (unpaired) electrons. The maximum atomic E-state index is 10.1. The SMILES string of the molecule is OC(CSc1cccc(Cl)c1)c1ccc(Cl)c(Cl)c1. The highest BCUT2D eigenvalue weighted by atomic mass is 35.5. The van der Waals surface area contributed by atoms with Crippen molar-refractivity contribution in [2.24, 2.45) is 0 Å². The Bertz CT molecular complexity index is 574. The second-order valence-corrected chi connectivity index (χ2v) is 6.30. The lowest BCUT2D eigenvalue weighted by atomic mass is 10.1. The molecule has 0 spiro atoms. The topological polar surface area (TPSA) is 20.2 Å². The van der Waals surface area contributed by atoms with Crippen molar-refractivity contribution in [2.45, 2.75) is 11.0 Å². The number of aliphatic hydroxyl groups is 1. The largest absolute Gasteiger partial charge is 0.388 e. The van der Waals surface area contributed by atoms with Crippen molar-refractivity contribution in [3.05, 3.63) is 63.1 Å². The van der Waals surface area contributed by atoms with Crippen molar-refractivity contribution < 1.29 is 5.11 Å². The van der Waals surface area contributed by atoms with Crippen LogP contribution in [0.15, 0.2) is 47.4 Å². The third kappa shape index (κ3) is 4.30. The molecule has 0 saturated carbocycles. The standard InChI is InChI=1S/C14H11Cl3OS/c15-10-2-1-3-11(7-10)19-8-14(18)9-4-5-12(16)13(17)6-9/h1-7,14,18H,8H2. The minimum absolute atomic E-state index is 0.450. The third-order valence-corrected chi connectivity index (χ3v) is 4.58. The van der Waals surface area contributed by atoms with Gasteiger partial charge in [0.2, 0.25) is 0 Å². The molecule has 0 aliphatic carbocycles. The second-order valence-electron chi connectivity index (χ2n) is 3.96. The van der Waals surface area contributed by atoms with Crippen molar-refractivity contribution in [2.75, 3.05) is 5.75 Å². The lowest BCUT2D eigenvalue weighted by Gasteiger charge is -2.11. The predicted molar refractivity (Wildman–Crippen MR) is 83.6 cm³/mol. The van der Waals surface area contributed by atoms with Gasteiger partial charge in [-0.2, -0.15) is 0 Å². The Kier molecular flexibility index (Phi) is 5.43. The van der Waals surface area contributed by atoms with E-state index in [-0.39, 0.29) is 0 Å². The molecule has 0 fully saturated rings. The summed E-state index contributed by atoms with van der Waals surface area (Å²) in [5.41, 5.74) is 0.754. The molecule has 2 aromatic rings. The van der Waals surface area contributed by atoms with Crippen molar-refractivity contribution >= 4 is 46.6 Å². The first-order valence-electron chi connectivity index (χ1n) is 5.57. The first kappa shape index (κ1) is 15.0. The summed E-state index contributed by atoms with van der Waals surface area (Å²) in [4.78, 5) is 1.02. The van der Waals surface area contributed by atoms with E-state index in [2.05, 4.69) is 0 Å². The molecular formula is C14H11Cl3OS. The molecule has 0 bridgehead atoms. The van der Waals surface area contributed by atoms with Gasteiger partial charge >= 0.3 is 0 Å². The first-order chi connectivity index (χ1) is 9.06. The van der Waals surface area contributed by atoms with Crippen LogP contribution in [0.4, 0.5) is 0 Å². The number of rotatable bonds is 4. The van der Waals surface area contributed by atoms with Crippen LogP contribution in [0.25, 0.3) is 0 Å². The highest BCUT2D eigenvalue weighted by Crippen LogP contribution is 2.29. The van der Waals surface area contributed by atoms with E-state index in [0.29, 0.717) is 20.8 Å². The fourth-order valence-corrected chi connectivity index (χ4v) is 3.04. The molecule has 1 N–H and O–H groups in total. The van der Waals surface area contributed by atoms with Gasteiger partial charge in [0.15, 0.2) is 0 Å². The molecule has 1 atom stereocenters. The Labute approximate surface area is 131 Å². The van der Waals surface area contributed by atoms with Gasteiger partial charge in [-0.05, 0) is 35.9 Å². The van der Waals surface area contributed by atoms with Crippen LogP contribution in [0, 0.1) is 0 Å². The fourth-order valence-electron chi connectivity index (χ4n) is 1.55. The van der Waals surface area contributed by atoms with Crippen molar-refractivity contribution in [1.29, 1.82) is 0 Å². The van der Waals surface area contributed by atoms with Gasteiger partial charge in [0, 0.05) is 15.7 Å². The Morgan fingerprint density at radius 2 is 1.79 bits per heavy atom. The molecular weight excluding hydrogens is 323 g/mol. The van der Waals surface area contributed by atoms with Crippen LogP contribution < -0.4 is 0 Å². The second kappa shape index (κ2) is 6.87. The lowest BCUT2D eigenvalue weighted by Crippen LogP contribution is -2.00. The third-order valence-electron chi connectivity index (χ3n) is 2.53. The average Bonchev–Trinajstić information content (AvgIpc) is 2.39. The van der Waals surface area contributed by atoms with E-state index < -0.39 is 6.10 Å². The monoisotopic (exact) mass is 332 g/mol. The number of thioether (sulfide) groups is 1. The Balaban J connectivity index is 2.01. The van der Waals surface area contributed by atoms with Gasteiger partial charge in [0.05, 0.1) is 16.1 Å². The minimum atomic E-state index is -0.598. The van der Waals surface area contributed by atoms with E-state index in [4.69, 9.17) is 34.8 Å². The number of aliphatic hydroxyl groups excluding tert-OH is 1. The molecule has 0 aliphatic rings. The fraction of sp³-hybridized carbons (Fsp3) is 0.143. The van der Waals surface area contributed by atoms with Crippen molar-refractivity contribution in [3.63, 3.8) is 0 Å². The van der Waals surface area contributed by atoms with Crippen LogP contribution >= 0.6 is 46.6 Å². The van der Waals surface area contributed by atoms with Crippen LogP contribution in [0.3, 0.4) is 0 Å². The van der Waals surface area contributed by atoms with E-state index >= 15 is 0 Å². The zero-order chi connectivity index (χ0) is 13.8. The summed E-state index contributed by atoms with van der Waals surface area (Å²) in [7, 11) is 0. The smallest absolute Gasteiger partial charge is 0.0884 e. The summed E-state index contributed by atoms with van der Waals surface area (Å²) in [5, 5.41) is 11.7. The molecule has 2 rings (SSSR count). The van der Waals surface area contributed by atoms with Gasteiger partial charge < -0.3 is 5.11 Å². The van der Waals surface area contributed by atoms with E-state index in [9.17, 15) is 5.11 Å². The van der Waals surface area contributed by atoms with Gasteiger partial charge in [0.25, 0.3) is 0 Å². The van der Waals surface area contributed by atoms with Gasteiger partial charge in [-0.25, -0.2) is 0 Å². The first-order valence-corrected chi connectivity index (χ1v) is 7.69.